The van der Waals surface area contributed by atoms with E-state index in [1.807, 2.05) is 60.7 Å². The van der Waals surface area contributed by atoms with Crippen molar-refractivity contribution < 1.29 is 41.3 Å². The van der Waals surface area contributed by atoms with Crippen molar-refractivity contribution in [2.45, 2.75) is 96.0 Å². The van der Waals surface area contributed by atoms with E-state index in [2.05, 4.69) is 69.4 Å². The molecule has 6 aromatic rings. The van der Waals surface area contributed by atoms with Crippen molar-refractivity contribution in [2.75, 3.05) is 79.0 Å². The van der Waals surface area contributed by atoms with Crippen molar-refractivity contribution in [3.63, 3.8) is 0 Å². The third-order valence-electron chi connectivity index (χ3n) is 15.6. The van der Waals surface area contributed by atoms with Gasteiger partial charge in [0.25, 0.3) is 0 Å². The predicted octanol–water partition coefficient (Wildman–Crippen LogP) is 10.1. The summed E-state index contributed by atoms with van der Waals surface area (Å²) in [5.74, 6) is -0.877. The molecule has 4 aromatic carbocycles. The predicted molar refractivity (Wildman–Crippen MR) is 271 cm³/mol. The quantitative estimate of drug-likeness (QED) is 0.0652. The number of hydrogen-bond donors (Lipinski definition) is 3. The number of ether oxygens (including phenoxy) is 3. The first-order valence-electron chi connectivity index (χ1n) is 25.7. The summed E-state index contributed by atoms with van der Waals surface area (Å²) in [6.07, 6.45) is 1.18. The highest BCUT2D eigenvalue weighted by atomic mass is 19.2. The topological polar surface area (TPSA) is 92.5 Å². The van der Waals surface area contributed by atoms with Crippen LogP contribution in [0.3, 0.4) is 0 Å². The zero-order valence-corrected chi connectivity index (χ0v) is 42.1. The standard InChI is InChI=1S/C57H69F5N6O4/c1-35-23-45-43-12-7-9-14-49(43)64-52(45)54(50-46(60)25-40(26-47(50)61)72-41-29-65(30-41)20-10-19-58)67(35)31-56(3,4)34-71-55-38(27-59)28-66(55)21-22-70-39-17-15-37(16-18-39)53-51-44(42-11-6-8-13-48(42)63-51)24-36(2)68(53)32-57(5,62)33-69/h6-9,11-18,25-26,35-36,38,41,53-55,63-64,69H,10,19-24,27-34H2,1-5H3/t35-,36-,38?,53-,54-,55?,57?/m1/s1. The SMILES string of the molecule is C[C@@H]1Cc2c([nH]c3ccccc23)[C@@H](c2ccc(OCCN3CC(CF)C3OCC(C)(C)CN3[C@H](c4c(F)cc(OC5CN(CCCF)C5)cc4F)c4[nH]c5ccccc5c4C[C@H]3C)cc2)N1CC(C)(F)CO. The second kappa shape index (κ2) is 20.7. The van der Waals surface area contributed by atoms with Gasteiger partial charge in [-0.2, -0.15) is 0 Å². The number of para-hydroxylation sites is 2. The molecule has 0 bridgehead atoms. The maximum atomic E-state index is 16.6. The van der Waals surface area contributed by atoms with Crippen molar-refractivity contribution in [3.8, 4) is 11.5 Å². The van der Waals surface area contributed by atoms with E-state index in [0.717, 1.165) is 45.4 Å². The first-order valence-corrected chi connectivity index (χ1v) is 25.7. The van der Waals surface area contributed by atoms with Gasteiger partial charge >= 0.3 is 0 Å². The van der Waals surface area contributed by atoms with Gasteiger partial charge in [-0.25, -0.2) is 13.2 Å². The molecule has 72 heavy (non-hydrogen) atoms. The normalized spacial score (nSPS) is 24.2. The number of hydrogen-bond acceptors (Lipinski definition) is 8. The lowest BCUT2D eigenvalue weighted by Crippen LogP contribution is -2.60. The summed E-state index contributed by atoms with van der Waals surface area (Å²) < 4.78 is 94.7. The van der Waals surface area contributed by atoms with Crippen LogP contribution in [0.5, 0.6) is 11.5 Å². The Labute approximate surface area is 419 Å². The van der Waals surface area contributed by atoms with Crippen LogP contribution in [-0.2, 0) is 17.6 Å². The molecule has 0 aliphatic carbocycles. The average Bonchev–Trinajstić information content (AvgIpc) is 3.89. The number of benzene rings is 4. The monoisotopic (exact) mass is 997 g/mol. The maximum absolute atomic E-state index is 16.6. The van der Waals surface area contributed by atoms with Gasteiger partial charge in [-0.1, -0.05) is 62.4 Å². The maximum Gasteiger partial charge on any atom is 0.143 e. The minimum Gasteiger partial charge on any atom is -0.492 e. The number of nitrogens with zero attached hydrogens (tertiary/aromatic N) is 4. The fraction of sp³-hybridized carbons (Fsp3) is 0.509. The second-order valence-electron chi connectivity index (χ2n) is 22.0. The Balaban J connectivity index is 0.804. The van der Waals surface area contributed by atoms with Crippen LogP contribution >= 0.6 is 0 Å². The van der Waals surface area contributed by atoms with E-state index in [4.69, 9.17) is 14.2 Å². The molecular weight excluding hydrogens is 928 g/mol. The molecule has 0 amide bonds. The summed E-state index contributed by atoms with van der Waals surface area (Å²) in [5.41, 5.74) is 4.63. The van der Waals surface area contributed by atoms with Crippen molar-refractivity contribution in [2.24, 2.45) is 11.3 Å². The van der Waals surface area contributed by atoms with E-state index in [-0.39, 0.29) is 61.3 Å². The molecule has 15 heteroatoms. The minimum absolute atomic E-state index is 0.0212. The molecule has 10 nitrogen and oxygen atoms in total. The number of halogens is 5. The number of aromatic nitrogens is 2. The Morgan fingerprint density at radius 2 is 1.33 bits per heavy atom. The molecule has 4 aliphatic rings. The number of nitrogens with one attached hydrogen (secondary N) is 2. The van der Waals surface area contributed by atoms with Crippen LogP contribution in [0.25, 0.3) is 21.8 Å². The lowest BCUT2D eigenvalue weighted by molar-refractivity contribution is -0.188. The van der Waals surface area contributed by atoms with Crippen LogP contribution in [0.4, 0.5) is 22.0 Å². The zero-order chi connectivity index (χ0) is 50.5. The van der Waals surface area contributed by atoms with Gasteiger partial charge in [0, 0.05) is 120 Å². The van der Waals surface area contributed by atoms with Gasteiger partial charge in [-0.3, -0.25) is 28.4 Å². The molecule has 3 unspecified atom stereocenters. The van der Waals surface area contributed by atoms with E-state index >= 15 is 13.2 Å². The first-order chi connectivity index (χ1) is 34.6. The second-order valence-corrected chi connectivity index (χ2v) is 22.0. The highest BCUT2D eigenvalue weighted by Gasteiger charge is 2.45. The third kappa shape index (κ3) is 10.1. The molecule has 7 atom stereocenters. The lowest BCUT2D eigenvalue weighted by Gasteiger charge is -2.48. The van der Waals surface area contributed by atoms with Crippen LogP contribution in [0.2, 0.25) is 0 Å². The summed E-state index contributed by atoms with van der Waals surface area (Å²) in [7, 11) is 0. The number of aromatic amines is 2. The highest BCUT2D eigenvalue weighted by Crippen LogP contribution is 2.46. The van der Waals surface area contributed by atoms with Gasteiger partial charge in [0.2, 0.25) is 0 Å². The molecule has 10 rings (SSSR count). The van der Waals surface area contributed by atoms with Crippen molar-refractivity contribution in [1.82, 2.24) is 29.6 Å². The number of alkyl halides is 3. The molecule has 2 aromatic heterocycles. The average molecular weight is 997 g/mol. The van der Waals surface area contributed by atoms with Crippen LogP contribution in [0, 0.1) is 23.0 Å². The summed E-state index contributed by atoms with van der Waals surface area (Å²) in [6.45, 7) is 12.3. The third-order valence-corrected chi connectivity index (χ3v) is 15.6. The van der Waals surface area contributed by atoms with Crippen molar-refractivity contribution >= 4 is 21.8 Å². The molecule has 3 N–H and O–H groups in total. The molecule has 2 fully saturated rings. The minimum atomic E-state index is -1.78. The molecule has 386 valence electrons. The first kappa shape index (κ1) is 50.5. The molecule has 4 aliphatic heterocycles. The summed E-state index contributed by atoms with van der Waals surface area (Å²) in [6, 6.07) is 25.5. The van der Waals surface area contributed by atoms with Gasteiger partial charge in [0.15, 0.2) is 0 Å². The van der Waals surface area contributed by atoms with E-state index in [1.165, 1.54) is 30.0 Å². The van der Waals surface area contributed by atoms with Gasteiger partial charge in [0.05, 0.1) is 38.6 Å². The van der Waals surface area contributed by atoms with Crippen LogP contribution in [-0.4, -0.2) is 144 Å². The van der Waals surface area contributed by atoms with Gasteiger partial charge < -0.3 is 29.3 Å². The van der Waals surface area contributed by atoms with Gasteiger partial charge in [-0.05, 0) is 81.0 Å². The Hall–Kier alpha value is -5.03. The van der Waals surface area contributed by atoms with Crippen molar-refractivity contribution in [3.05, 3.63) is 130 Å². The number of fused-ring (bicyclic) bond motifs is 6. The van der Waals surface area contributed by atoms with Crippen molar-refractivity contribution in [1.29, 1.82) is 0 Å². The summed E-state index contributed by atoms with van der Waals surface area (Å²) >= 11 is 0. The number of aliphatic hydroxyl groups excluding tert-OH is 1. The van der Waals surface area contributed by atoms with E-state index in [1.54, 1.807) is 0 Å². The number of likely N-dealkylation sites (tertiary alicyclic amines) is 2. The smallest absolute Gasteiger partial charge is 0.143 e. The zero-order valence-electron chi connectivity index (χ0n) is 42.1. The fourth-order valence-corrected chi connectivity index (χ4v) is 11.9. The summed E-state index contributed by atoms with van der Waals surface area (Å²) in [5, 5.41) is 12.1. The van der Waals surface area contributed by atoms with Gasteiger partial charge in [0.1, 0.15) is 47.7 Å². The van der Waals surface area contributed by atoms with E-state index in [0.29, 0.717) is 64.5 Å². The molecule has 0 spiro atoms. The molecule has 2 saturated heterocycles. The Morgan fingerprint density at radius 3 is 1.93 bits per heavy atom. The van der Waals surface area contributed by atoms with Crippen LogP contribution in [0.1, 0.15) is 86.8 Å². The highest BCUT2D eigenvalue weighted by molar-refractivity contribution is 5.86. The Kier molecular flexibility index (Phi) is 14.5. The summed E-state index contributed by atoms with van der Waals surface area (Å²) in [4.78, 5) is 15.6. The molecule has 0 saturated carbocycles. The molecular formula is C57H69F5N6O4. The van der Waals surface area contributed by atoms with E-state index < -0.39 is 48.3 Å². The molecule has 0 radical (unpaired) electrons. The van der Waals surface area contributed by atoms with E-state index in [9.17, 15) is 13.9 Å². The van der Waals surface area contributed by atoms with Crippen LogP contribution in [0.15, 0.2) is 84.9 Å². The fourth-order valence-electron chi connectivity index (χ4n) is 11.9. The van der Waals surface area contributed by atoms with Gasteiger partial charge in [-0.15, -0.1) is 0 Å². The number of rotatable bonds is 20. The lowest BCUT2D eigenvalue weighted by atomic mass is 9.84. The Bertz CT molecular complexity index is 2810. The van der Waals surface area contributed by atoms with Crippen LogP contribution < -0.4 is 9.47 Å². The molecule has 6 heterocycles. The number of H-pyrrole nitrogens is 2. The number of aliphatic hydroxyl groups is 1. The largest absolute Gasteiger partial charge is 0.492 e. The Morgan fingerprint density at radius 1 is 0.736 bits per heavy atom.